The lowest BCUT2D eigenvalue weighted by Crippen LogP contribution is -2.38. The van der Waals surface area contributed by atoms with Gasteiger partial charge in [-0.15, -0.1) is 0 Å². The molecule has 0 saturated heterocycles. The Bertz CT molecular complexity index is 511. The van der Waals surface area contributed by atoms with E-state index >= 15 is 0 Å². The van der Waals surface area contributed by atoms with Crippen molar-refractivity contribution in [2.75, 3.05) is 11.9 Å². The van der Waals surface area contributed by atoms with Crippen molar-refractivity contribution in [3.63, 3.8) is 0 Å². The van der Waals surface area contributed by atoms with Gasteiger partial charge in [0.25, 0.3) is 0 Å². The molecule has 0 aliphatic carbocycles. The second-order valence-corrected chi connectivity index (χ2v) is 5.00. The van der Waals surface area contributed by atoms with Crippen LogP contribution in [0, 0.1) is 11.7 Å². The molecule has 5 nitrogen and oxygen atoms in total. The zero-order valence-corrected chi connectivity index (χ0v) is 13.0. The van der Waals surface area contributed by atoms with Crippen molar-refractivity contribution in [1.29, 1.82) is 0 Å². The highest BCUT2D eigenvalue weighted by atomic mass is 19.3. The van der Waals surface area contributed by atoms with E-state index in [4.69, 9.17) is 0 Å². The number of anilines is 1. The predicted molar refractivity (Wildman–Crippen MR) is 80.1 cm³/mol. The number of nitrogens with one attached hydrogen (secondary N) is 2. The van der Waals surface area contributed by atoms with E-state index in [-0.39, 0.29) is 18.2 Å². The summed E-state index contributed by atoms with van der Waals surface area (Å²) in [6.07, 6.45) is 0.907. The quantitative estimate of drug-likeness (QED) is 0.683. The second-order valence-electron chi connectivity index (χ2n) is 5.00. The van der Waals surface area contributed by atoms with Crippen LogP contribution >= 0.6 is 0 Å². The van der Waals surface area contributed by atoms with Crippen LogP contribution in [0.3, 0.4) is 0 Å². The van der Waals surface area contributed by atoms with Gasteiger partial charge < -0.3 is 20.5 Å². The number of amides is 2. The van der Waals surface area contributed by atoms with Crippen LogP contribution in [0.25, 0.3) is 0 Å². The summed E-state index contributed by atoms with van der Waals surface area (Å²) in [6.45, 7) is 0.831. The molecule has 0 bridgehead atoms. The van der Waals surface area contributed by atoms with Crippen LogP contribution in [0.15, 0.2) is 18.2 Å². The van der Waals surface area contributed by atoms with Crippen molar-refractivity contribution in [3.05, 3.63) is 24.0 Å². The molecule has 0 saturated carbocycles. The third-order valence-electron chi connectivity index (χ3n) is 3.47. The number of halogens is 3. The van der Waals surface area contributed by atoms with Crippen LogP contribution in [-0.4, -0.2) is 30.4 Å². The lowest BCUT2D eigenvalue weighted by Gasteiger charge is -2.20. The minimum Gasteiger partial charge on any atom is -0.432 e. The molecule has 1 aromatic carbocycles. The average Bonchev–Trinajstić information content (AvgIpc) is 2.49. The summed E-state index contributed by atoms with van der Waals surface area (Å²) in [5.41, 5.74) is 0.0821. The van der Waals surface area contributed by atoms with Gasteiger partial charge in [0.2, 0.25) is 0 Å². The van der Waals surface area contributed by atoms with Gasteiger partial charge in [-0.2, -0.15) is 8.78 Å². The maximum Gasteiger partial charge on any atom is 0.387 e. The van der Waals surface area contributed by atoms with Gasteiger partial charge in [0.15, 0.2) is 11.6 Å². The van der Waals surface area contributed by atoms with Crippen molar-refractivity contribution < 1.29 is 27.8 Å². The molecule has 0 heterocycles. The number of urea groups is 1. The fourth-order valence-corrected chi connectivity index (χ4v) is 2.14. The first kappa shape index (κ1) is 19.1. The topological polar surface area (TPSA) is 70.6 Å². The summed E-state index contributed by atoms with van der Waals surface area (Å²) in [5.74, 6) is -1.53. The highest BCUT2D eigenvalue weighted by Gasteiger charge is 2.16. The van der Waals surface area contributed by atoms with Gasteiger partial charge in [-0.05, 0) is 18.1 Å². The molecule has 0 aliphatic heterocycles. The number of aliphatic hydroxyl groups excluding tert-OH is 1. The van der Waals surface area contributed by atoms with Gasteiger partial charge in [-0.1, -0.05) is 26.7 Å². The molecule has 1 atom stereocenters. The van der Waals surface area contributed by atoms with Crippen LogP contribution in [-0.2, 0) is 0 Å². The number of hydrogen-bond donors (Lipinski definition) is 3. The van der Waals surface area contributed by atoms with Gasteiger partial charge in [-0.3, -0.25) is 0 Å². The molecule has 23 heavy (non-hydrogen) atoms. The number of alkyl halides is 2. The van der Waals surface area contributed by atoms with Gasteiger partial charge in [-0.25, -0.2) is 9.18 Å². The zero-order valence-electron chi connectivity index (χ0n) is 13.0. The monoisotopic (exact) mass is 334 g/mol. The molecule has 1 rings (SSSR count). The zero-order chi connectivity index (χ0) is 17.4. The largest absolute Gasteiger partial charge is 0.432 e. The molecule has 3 N–H and O–H groups in total. The van der Waals surface area contributed by atoms with Crippen molar-refractivity contribution in [2.45, 2.75) is 39.4 Å². The minimum absolute atomic E-state index is 0.0627. The van der Waals surface area contributed by atoms with E-state index in [1.807, 2.05) is 13.8 Å². The van der Waals surface area contributed by atoms with Gasteiger partial charge in [0.05, 0.1) is 6.10 Å². The lowest BCUT2D eigenvalue weighted by molar-refractivity contribution is -0.0521. The Kier molecular flexibility index (Phi) is 7.67. The lowest BCUT2D eigenvalue weighted by atomic mass is 9.97. The van der Waals surface area contributed by atoms with E-state index in [9.17, 15) is 23.1 Å². The maximum atomic E-state index is 13.5. The summed E-state index contributed by atoms with van der Waals surface area (Å²) < 4.78 is 41.5. The van der Waals surface area contributed by atoms with E-state index < -0.39 is 30.3 Å². The number of benzene rings is 1. The number of aliphatic hydroxyl groups is 1. The maximum absolute atomic E-state index is 13.5. The normalized spacial score (nSPS) is 12.3. The molecule has 130 valence electrons. The van der Waals surface area contributed by atoms with E-state index in [1.54, 1.807) is 0 Å². The SMILES string of the molecule is CCC(CC)C(O)CNC(=O)Nc1ccc(OC(F)F)c(F)c1. The summed E-state index contributed by atoms with van der Waals surface area (Å²) in [4.78, 5) is 11.7. The summed E-state index contributed by atoms with van der Waals surface area (Å²) in [6, 6.07) is 2.47. The summed E-state index contributed by atoms with van der Waals surface area (Å²) in [5, 5.41) is 14.7. The molecule has 0 spiro atoms. The van der Waals surface area contributed by atoms with E-state index in [2.05, 4.69) is 15.4 Å². The van der Waals surface area contributed by atoms with Gasteiger partial charge in [0, 0.05) is 18.3 Å². The third-order valence-corrected chi connectivity index (χ3v) is 3.47. The number of hydrogen-bond acceptors (Lipinski definition) is 3. The van der Waals surface area contributed by atoms with Gasteiger partial charge >= 0.3 is 12.6 Å². The number of rotatable bonds is 8. The van der Waals surface area contributed by atoms with Crippen LogP contribution < -0.4 is 15.4 Å². The molecule has 2 amide bonds. The van der Waals surface area contributed by atoms with Crippen LogP contribution in [0.4, 0.5) is 23.7 Å². The molecular formula is C15H21F3N2O3. The Hall–Kier alpha value is -1.96. The summed E-state index contributed by atoms with van der Waals surface area (Å²) >= 11 is 0. The fourth-order valence-electron chi connectivity index (χ4n) is 2.14. The van der Waals surface area contributed by atoms with E-state index in [0.29, 0.717) is 0 Å². The molecule has 0 fully saturated rings. The predicted octanol–water partition coefficient (Wildman–Crippen LogP) is 3.35. The molecule has 0 radical (unpaired) electrons. The molecule has 0 aromatic heterocycles. The fraction of sp³-hybridized carbons (Fsp3) is 0.533. The molecule has 0 aliphatic rings. The summed E-state index contributed by atoms with van der Waals surface area (Å²) in [7, 11) is 0. The number of carbonyl (C=O) groups excluding carboxylic acids is 1. The van der Waals surface area contributed by atoms with Crippen LogP contribution in [0.1, 0.15) is 26.7 Å². The van der Waals surface area contributed by atoms with Crippen LogP contribution in [0.5, 0.6) is 5.75 Å². The van der Waals surface area contributed by atoms with Crippen molar-refractivity contribution in [3.8, 4) is 5.75 Å². The number of ether oxygens (including phenoxy) is 1. The van der Waals surface area contributed by atoms with Crippen LogP contribution in [0.2, 0.25) is 0 Å². The minimum atomic E-state index is -3.13. The Balaban J connectivity index is 2.53. The van der Waals surface area contributed by atoms with Crippen molar-refractivity contribution in [2.24, 2.45) is 5.92 Å². The first-order valence-corrected chi connectivity index (χ1v) is 7.34. The Morgan fingerprint density at radius 1 is 1.30 bits per heavy atom. The molecule has 1 aromatic rings. The second kappa shape index (κ2) is 9.24. The Morgan fingerprint density at radius 3 is 2.48 bits per heavy atom. The van der Waals surface area contributed by atoms with Crippen molar-refractivity contribution >= 4 is 11.7 Å². The van der Waals surface area contributed by atoms with Crippen molar-refractivity contribution in [1.82, 2.24) is 5.32 Å². The van der Waals surface area contributed by atoms with Gasteiger partial charge in [0.1, 0.15) is 0 Å². The highest BCUT2D eigenvalue weighted by molar-refractivity contribution is 5.89. The molecule has 1 unspecified atom stereocenters. The first-order chi connectivity index (χ1) is 10.9. The first-order valence-electron chi connectivity index (χ1n) is 7.34. The Morgan fingerprint density at radius 2 is 1.96 bits per heavy atom. The van der Waals surface area contributed by atoms with E-state index in [0.717, 1.165) is 25.0 Å². The number of carbonyl (C=O) groups is 1. The third kappa shape index (κ3) is 6.35. The Labute approximate surface area is 132 Å². The molecular weight excluding hydrogens is 313 g/mol. The smallest absolute Gasteiger partial charge is 0.387 e. The standard InChI is InChI=1S/C15H21F3N2O3/c1-3-9(4-2)12(21)8-19-15(22)20-10-5-6-13(11(16)7-10)23-14(17)18/h5-7,9,12,14,21H,3-4,8H2,1-2H3,(H2,19,20,22). The molecule has 8 heteroatoms. The highest BCUT2D eigenvalue weighted by Crippen LogP contribution is 2.22. The van der Waals surface area contributed by atoms with E-state index in [1.165, 1.54) is 6.07 Å². The average molecular weight is 334 g/mol.